The lowest BCUT2D eigenvalue weighted by molar-refractivity contribution is 0.270. The number of unbranched alkanes of at least 4 members (excludes halogenated alkanes) is 1. The molecule has 2 heterocycles. The molecule has 3 aromatic rings. The maximum Gasteiger partial charge on any atom is 0.191 e. The number of methoxy groups -OCH3 is 1. The Hall–Kier alpha value is -1.90. The van der Waals surface area contributed by atoms with E-state index in [9.17, 15) is 0 Å². The van der Waals surface area contributed by atoms with Gasteiger partial charge >= 0.3 is 0 Å². The molecular weight excluding hydrogens is 414 g/mol. The topological polar surface area (TPSA) is 56.1 Å². The van der Waals surface area contributed by atoms with E-state index in [1.165, 1.54) is 0 Å². The number of hydrogen-bond donors (Lipinski definition) is 0. The molecule has 162 valence electrons. The summed E-state index contributed by atoms with van der Waals surface area (Å²) >= 11 is 3.38. The van der Waals surface area contributed by atoms with Crippen molar-refractivity contribution in [1.29, 1.82) is 0 Å². The molecule has 3 rings (SSSR count). The molecule has 0 saturated carbocycles. The first kappa shape index (κ1) is 22.8. The van der Waals surface area contributed by atoms with Gasteiger partial charge in [-0.05, 0) is 39.1 Å². The Kier molecular flexibility index (Phi) is 8.30. The van der Waals surface area contributed by atoms with Gasteiger partial charge in [-0.25, -0.2) is 4.98 Å². The maximum absolute atomic E-state index is 5.33. The first-order valence-electron chi connectivity index (χ1n) is 10.4. The van der Waals surface area contributed by atoms with Crippen LogP contribution in [0.15, 0.2) is 34.8 Å². The normalized spacial score (nSPS) is 12.5. The molecule has 0 aliphatic rings. The van der Waals surface area contributed by atoms with Crippen molar-refractivity contribution in [2.45, 2.75) is 56.6 Å². The van der Waals surface area contributed by atoms with E-state index in [1.807, 2.05) is 18.2 Å². The van der Waals surface area contributed by atoms with Gasteiger partial charge < -0.3 is 9.30 Å². The SMILES string of the molecule is CCCCn1c(SCc2csc(-c3cccc(OC)c3)n2)nnc1[C@H](CC)N(C)C. The molecule has 0 spiro atoms. The van der Waals surface area contributed by atoms with Crippen LogP contribution >= 0.6 is 23.1 Å². The predicted octanol–water partition coefficient (Wildman–Crippen LogP) is 5.52. The highest BCUT2D eigenvalue weighted by Gasteiger charge is 2.22. The van der Waals surface area contributed by atoms with E-state index in [0.29, 0.717) is 0 Å². The minimum Gasteiger partial charge on any atom is -0.497 e. The average Bonchev–Trinajstić information content (AvgIpc) is 3.38. The summed E-state index contributed by atoms with van der Waals surface area (Å²) in [6.45, 7) is 5.37. The smallest absolute Gasteiger partial charge is 0.191 e. The maximum atomic E-state index is 5.33. The summed E-state index contributed by atoms with van der Waals surface area (Å²) in [6.07, 6.45) is 3.29. The molecule has 0 bridgehead atoms. The zero-order valence-electron chi connectivity index (χ0n) is 18.5. The van der Waals surface area contributed by atoms with Crippen molar-refractivity contribution in [3.05, 3.63) is 41.2 Å². The molecule has 1 atom stereocenters. The lowest BCUT2D eigenvalue weighted by Crippen LogP contribution is -2.23. The Labute approximate surface area is 187 Å². The molecule has 0 fully saturated rings. The highest BCUT2D eigenvalue weighted by Crippen LogP contribution is 2.31. The van der Waals surface area contributed by atoms with Gasteiger partial charge in [-0.2, -0.15) is 0 Å². The van der Waals surface area contributed by atoms with Crippen LogP contribution in [0.25, 0.3) is 10.6 Å². The summed E-state index contributed by atoms with van der Waals surface area (Å²) in [6, 6.07) is 8.32. The summed E-state index contributed by atoms with van der Waals surface area (Å²) < 4.78 is 7.64. The Morgan fingerprint density at radius 3 is 2.77 bits per heavy atom. The van der Waals surface area contributed by atoms with Gasteiger partial charge in [0.25, 0.3) is 0 Å². The average molecular weight is 446 g/mol. The van der Waals surface area contributed by atoms with Crippen LogP contribution < -0.4 is 4.74 Å². The highest BCUT2D eigenvalue weighted by molar-refractivity contribution is 7.98. The molecule has 0 aliphatic heterocycles. The zero-order valence-corrected chi connectivity index (χ0v) is 20.1. The highest BCUT2D eigenvalue weighted by atomic mass is 32.2. The molecule has 0 aliphatic carbocycles. The first-order chi connectivity index (χ1) is 14.6. The van der Waals surface area contributed by atoms with Gasteiger partial charge in [0, 0.05) is 23.2 Å². The second-order valence-electron chi connectivity index (χ2n) is 7.40. The second-order valence-corrected chi connectivity index (χ2v) is 9.20. The third-order valence-electron chi connectivity index (χ3n) is 5.01. The van der Waals surface area contributed by atoms with Crippen LogP contribution in [-0.2, 0) is 12.3 Å². The molecule has 2 aromatic heterocycles. The van der Waals surface area contributed by atoms with Crippen LogP contribution in [-0.4, -0.2) is 45.9 Å². The minimum atomic E-state index is 0.280. The molecule has 6 nitrogen and oxygen atoms in total. The third kappa shape index (κ3) is 5.42. The number of hydrogen-bond acceptors (Lipinski definition) is 7. The van der Waals surface area contributed by atoms with Crippen molar-refractivity contribution in [2.24, 2.45) is 0 Å². The first-order valence-corrected chi connectivity index (χ1v) is 12.2. The van der Waals surface area contributed by atoms with Crippen LogP contribution in [0.4, 0.5) is 0 Å². The molecule has 0 amide bonds. The largest absolute Gasteiger partial charge is 0.497 e. The van der Waals surface area contributed by atoms with E-state index in [4.69, 9.17) is 9.72 Å². The van der Waals surface area contributed by atoms with Gasteiger partial charge in [0.2, 0.25) is 0 Å². The summed E-state index contributed by atoms with van der Waals surface area (Å²) in [5.41, 5.74) is 2.15. The Balaban J connectivity index is 1.75. The molecule has 0 radical (unpaired) electrons. The van der Waals surface area contributed by atoms with Gasteiger partial charge in [0.05, 0.1) is 18.8 Å². The van der Waals surface area contributed by atoms with E-state index in [-0.39, 0.29) is 6.04 Å². The molecule has 0 saturated heterocycles. The molecule has 30 heavy (non-hydrogen) atoms. The molecule has 0 N–H and O–H groups in total. The van der Waals surface area contributed by atoms with E-state index >= 15 is 0 Å². The van der Waals surface area contributed by atoms with Crippen LogP contribution in [0.5, 0.6) is 5.75 Å². The Morgan fingerprint density at radius 2 is 2.07 bits per heavy atom. The lowest BCUT2D eigenvalue weighted by atomic mass is 10.2. The predicted molar refractivity (Wildman–Crippen MR) is 125 cm³/mol. The molecule has 1 aromatic carbocycles. The number of rotatable bonds is 11. The number of thioether (sulfide) groups is 1. The van der Waals surface area contributed by atoms with Gasteiger partial charge in [0.15, 0.2) is 11.0 Å². The number of aromatic nitrogens is 4. The minimum absolute atomic E-state index is 0.280. The fourth-order valence-corrected chi connectivity index (χ4v) is 5.15. The van der Waals surface area contributed by atoms with E-state index in [1.54, 1.807) is 30.2 Å². The van der Waals surface area contributed by atoms with Gasteiger partial charge in [-0.3, -0.25) is 4.90 Å². The van der Waals surface area contributed by atoms with E-state index < -0.39 is 0 Å². The van der Waals surface area contributed by atoms with Crippen molar-refractivity contribution in [3.8, 4) is 16.3 Å². The fourth-order valence-electron chi connectivity index (χ4n) is 3.36. The van der Waals surface area contributed by atoms with Crippen molar-refractivity contribution in [3.63, 3.8) is 0 Å². The van der Waals surface area contributed by atoms with Crippen LogP contribution in [0.1, 0.15) is 50.7 Å². The quantitative estimate of drug-likeness (QED) is 0.363. The number of thiazole rings is 1. The van der Waals surface area contributed by atoms with Crippen molar-refractivity contribution in [2.75, 3.05) is 21.2 Å². The summed E-state index contributed by atoms with van der Waals surface area (Å²) in [7, 11) is 5.90. The molecule has 8 heteroatoms. The summed E-state index contributed by atoms with van der Waals surface area (Å²) in [5.74, 6) is 2.69. The monoisotopic (exact) mass is 445 g/mol. The second kappa shape index (κ2) is 10.9. The Bertz CT molecular complexity index is 937. The van der Waals surface area contributed by atoms with Crippen LogP contribution in [0.3, 0.4) is 0 Å². The standard InChI is InChI=1S/C22H31N5OS2/c1-6-8-12-27-20(19(7-2)26(3)4)24-25-22(27)30-15-17-14-29-21(23-17)16-10-9-11-18(13-16)28-5/h9-11,13-14,19H,6-8,12,15H2,1-5H3/t19-/m0/s1. The number of ether oxygens (including phenoxy) is 1. The van der Waals surface area contributed by atoms with Crippen LogP contribution in [0.2, 0.25) is 0 Å². The van der Waals surface area contributed by atoms with Crippen LogP contribution in [0, 0.1) is 0 Å². The Morgan fingerprint density at radius 1 is 1.23 bits per heavy atom. The van der Waals surface area contributed by atoms with Gasteiger partial charge in [0.1, 0.15) is 10.8 Å². The van der Waals surface area contributed by atoms with E-state index in [0.717, 1.165) is 64.6 Å². The summed E-state index contributed by atoms with van der Waals surface area (Å²) in [4.78, 5) is 7.05. The fraction of sp³-hybridized carbons (Fsp3) is 0.500. The zero-order chi connectivity index (χ0) is 21.5. The number of nitrogens with zero attached hydrogens (tertiary/aromatic N) is 5. The van der Waals surface area contributed by atoms with Gasteiger partial charge in [-0.1, -0.05) is 44.2 Å². The van der Waals surface area contributed by atoms with E-state index in [2.05, 4.69) is 59.1 Å². The molecule has 0 unspecified atom stereocenters. The van der Waals surface area contributed by atoms with Crippen molar-refractivity contribution >= 4 is 23.1 Å². The number of benzene rings is 1. The van der Waals surface area contributed by atoms with Crippen molar-refractivity contribution < 1.29 is 4.74 Å². The summed E-state index contributed by atoms with van der Waals surface area (Å²) in [5, 5.41) is 13.2. The van der Waals surface area contributed by atoms with Gasteiger partial charge in [-0.15, -0.1) is 21.5 Å². The third-order valence-corrected chi connectivity index (χ3v) is 6.95. The van der Waals surface area contributed by atoms with Crippen molar-refractivity contribution in [1.82, 2.24) is 24.6 Å². The lowest BCUT2D eigenvalue weighted by Gasteiger charge is -2.23. The molecular formula is C22H31N5OS2.